The van der Waals surface area contributed by atoms with Gasteiger partial charge < -0.3 is 15.4 Å². The van der Waals surface area contributed by atoms with Crippen molar-refractivity contribution in [2.45, 2.75) is 32.2 Å². The largest absolute Gasteiger partial charge is 0.492 e. The summed E-state index contributed by atoms with van der Waals surface area (Å²) in [5.74, 6) is -0.0172. The molecule has 0 saturated carbocycles. The fraction of sp³-hybridized carbons (Fsp3) is 0.381. The van der Waals surface area contributed by atoms with Crippen molar-refractivity contribution >= 4 is 28.6 Å². The highest BCUT2D eigenvalue weighted by Gasteiger charge is 2.49. The van der Waals surface area contributed by atoms with E-state index < -0.39 is 17.5 Å². The number of hydrogen-bond donors (Lipinski definition) is 2. The van der Waals surface area contributed by atoms with E-state index in [-0.39, 0.29) is 25.6 Å². The number of ether oxygens (including phenoxy) is 1. The highest BCUT2D eigenvalue weighted by atomic mass is 16.5. The average Bonchev–Trinajstić information content (AvgIpc) is 2.95. The number of carbonyl (C=O) groups is 3. The first-order chi connectivity index (χ1) is 13.5. The molecule has 148 valence electrons. The van der Waals surface area contributed by atoms with E-state index in [1.807, 2.05) is 56.3 Å². The third kappa shape index (κ3) is 3.93. The molecule has 1 aliphatic heterocycles. The lowest BCUT2D eigenvalue weighted by Gasteiger charge is -2.23. The van der Waals surface area contributed by atoms with Crippen molar-refractivity contribution in [2.24, 2.45) is 0 Å². The van der Waals surface area contributed by atoms with Crippen LogP contribution in [0.3, 0.4) is 0 Å². The van der Waals surface area contributed by atoms with E-state index in [0.717, 1.165) is 21.4 Å². The second kappa shape index (κ2) is 8.29. The van der Waals surface area contributed by atoms with Gasteiger partial charge in [0.2, 0.25) is 5.91 Å². The first-order valence-electron chi connectivity index (χ1n) is 9.51. The van der Waals surface area contributed by atoms with Gasteiger partial charge in [-0.15, -0.1) is 0 Å². The fourth-order valence-electron chi connectivity index (χ4n) is 3.37. The molecular formula is C21H25N3O4. The van der Waals surface area contributed by atoms with Crippen LogP contribution in [0.25, 0.3) is 10.8 Å². The minimum Gasteiger partial charge on any atom is -0.492 e. The lowest BCUT2D eigenvalue weighted by molar-refractivity contribution is -0.135. The van der Waals surface area contributed by atoms with Gasteiger partial charge in [0.25, 0.3) is 5.91 Å². The Labute approximate surface area is 164 Å². The Morgan fingerprint density at radius 2 is 1.82 bits per heavy atom. The van der Waals surface area contributed by atoms with Gasteiger partial charge in [-0.3, -0.25) is 14.5 Å². The van der Waals surface area contributed by atoms with Crippen LogP contribution in [0.4, 0.5) is 4.79 Å². The third-order valence-corrected chi connectivity index (χ3v) is 5.17. The number of imide groups is 1. The van der Waals surface area contributed by atoms with Gasteiger partial charge in [0.05, 0.1) is 6.54 Å². The first kappa shape index (κ1) is 19.7. The molecule has 1 aliphatic rings. The van der Waals surface area contributed by atoms with E-state index in [0.29, 0.717) is 12.8 Å². The topological polar surface area (TPSA) is 87.7 Å². The van der Waals surface area contributed by atoms with Crippen LogP contribution < -0.4 is 15.4 Å². The van der Waals surface area contributed by atoms with Crippen molar-refractivity contribution in [2.75, 3.05) is 19.7 Å². The van der Waals surface area contributed by atoms with E-state index in [2.05, 4.69) is 10.6 Å². The third-order valence-electron chi connectivity index (χ3n) is 5.17. The van der Waals surface area contributed by atoms with Crippen LogP contribution in [0.1, 0.15) is 26.7 Å². The van der Waals surface area contributed by atoms with Gasteiger partial charge in [0, 0.05) is 0 Å². The summed E-state index contributed by atoms with van der Waals surface area (Å²) in [7, 11) is 0. The van der Waals surface area contributed by atoms with E-state index in [9.17, 15) is 14.4 Å². The molecule has 4 amide bonds. The predicted molar refractivity (Wildman–Crippen MR) is 106 cm³/mol. The SMILES string of the molecule is CCC1(CC)NC(=O)N(CC(=O)NCCOc2ccc3ccccc3c2)C1=O. The molecule has 7 nitrogen and oxygen atoms in total. The van der Waals surface area contributed by atoms with Gasteiger partial charge in [-0.05, 0) is 35.7 Å². The molecule has 2 N–H and O–H groups in total. The fourth-order valence-corrected chi connectivity index (χ4v) is 3.37. The van der Waals surface area contributed by atoms with Crippen LogP contribution in [-0.2, 0) is 9.59 Å². The zero-order valence-electron chi connectivity index (χ0n) is 16.2. The molecule has 1 heterocycles. The lowest BCUT2D eigenvalue weighted by atomic mass is 9.93. The van der Waals surface area contributed by atoms with Gasteiger partial charge in [0.15, 0.2) is 0 Å². The predicted octanol–water partition coefficient (Wildman–Crippen LogP) is 2.45. The summed E-state index contributed by atoms with van der Waals surface area (Å²) in [5, 5.41) is 7.60. The van der Waals surface area contributed by atoms with Crippen molar-refractivity contribution in [3.05, 3.63) is 42.5 Å². The number of amides is 4. The molecule has 28 heavy (non-hydrogen) atoms. The van der Waals surface area contributed by atoms with Crippen LogP contribution in [0, 0.1) is 0 Å². The molecule has 0 aromatic heterocycles. The van der Waals surface area contributed by atoms with Crippen LogP contribution in [-0.4, -0.2) is 48.0 Å². The second-order valence-corrected chi connectivity index (χ2v) is 6.82. The Hall–Kier alpha value is -3.09. The molecule has 1 fully saturated rings. The Bertz CT molecular complexity index is 892. The Morgan fingerprint density at radius 3 is 2.50 bits per heavy atom. The van der Waals surface area contributed by atoms with Crippen molar-refractivity contribution in [1.82, 2.24) is 15.5 Å². The van der Waals surface area contributed by atoms with E-state index >= 15 is 0 Å². The standard InChI is InChI=1S/C21H25N3O4/c1-3-21(4-2)19(26)24(20(27)23-21)14-18(25)22-11-12-28-17-10-9-15-7-5-6-8-16(15)13-17/h5-10,13H,3-4,11-12,14H2,1-2H3,(H,22,25)(H,23,27). The summed E-state index contributed by atoms with van der Waals surface area (Å²) < 4.78 is 5.67. The summed E-state index contributed by atoms with van der Waals surface area (Å²) in [5.41, 5.74) is -0.892. The van der Waals surface area contributed by atoms with Crippen molar-refractivity contribution in [1.29, 1.82) is 0 Å². The van der Waals surface area contributed by atoms with Gasteiger partial charge in [-0.2, -0.15) is 0 Å². The van der Waals surface area contributed by atoms with Crippen molar-refractivity contribution in [3.8, 4) is 5.75 Å². The number of nitrogens with one attached hydrogen (secondary N) is 2. The maximum Gasteiger partial charge on any atom is 0.325 e. The van der Waals surface area contributed by atoms with Crippen molar-refractivity contribution < 1.29 is 19.1 Å². The molecule has 2 aromatic rings. The monoisotopic (exact) mass is 383 g/mol. The molecule has 3 rings (SSSR count). The maximum absolute atomic E-state index is 12.5. The molecule has 0 atom stereocenters. The normalized spacial score (nSPS) is 15.6. The summed E-state index contributed by atoms with van der Waals surface area (Å²) in [6, 6.07) is 13.3. The smallest absolute Gasteiger partial charge is 0.325 e. The van der Waals surface area contributed by atoms with Gasteiger partial charge in [-0.1, -0.05) is 44.2 Å². The number of hydrogen-bond acceptors (Lipinski definition) is 4. The number of carbonyl (C=O) groups excluding carboxylic acids is 3. The molecular weight excluding hydrogens is 358 g/mol. The molecule has 0 bridgehead atoms. The van der Waals surface area contributed by atoms with Crippen molar-refractivity contribution in [3.63, 3.8) is 0 Å². The quantitative estimate of drug-likeness (QED) is 0.541. The molecule has 1 saturated heterocycles. The van der Waals surface area contributed by atoms with Crippen LogP contribution in [0.15, 0.2) is 42.5 Å². The molecule has 0 unspecified atom stereocenters. The second-order valence-electron chi connectivity index (χ2n) is 6.82. The van der Waals surface area contributed by atoms with Crippen LogP contribution in [0.2, 0.25) is 0 Å². The molecule has 0 aliphatic carbocycles. The van der Waals surface area contributed by atoms with E-state index in [1.165, 1.54) is 0 Å². The Kier molecular flexibility index (Phi) is 5.82. The van der Waals surface area contributed by atoms with Gasteiger partial charge >= 0.3 is 6.03 Å². The maximum atomic E-state index is 12.5. The molecule has 0 radical (unpaired) electrons. The highest BCUT2D eigenvalue weighted by molar-refractivity contribution is 6.08. The zero-order valence-corrected chi connectivity index (χ0v) is 16.2. The minimum atomic E-state index is -0.892. The lowest BCUT2D eigenvalue weighted by Crippen LogP contribution is -2.46. The summed E-state index contributed by atoms with van der Waals surface area (Å²) in [6.07, 6.45) is 0.984. The van der Waals surface area contributed by atoms with E-state index in [1.54, 1.807) is 0 Å². The average molecular weight is 383 g/mol. The van der Waals surface area contributed by atoms with E-state index in [4.69, 9.17) is 4.74 Å². The van der Waals surface area contributed by atoms with Crippen LogP contribution >= 0.6 is 0 Å². The van der Waals surface area contributed by atoms with Crippen LogP contribution in [0.5, 0.6) is 5.75 Å². The Balaban J connectivity index is 1.46. The number of fused-ring (bicyclic) bond motifs is 1. The summed E-state index contributed by atoms with van der Waals surface area (Å²) >= 11 is 0. The summed E-state index contributed by atoms with van der Waals surface area (Å²) in [6.45, 7) is 3.97. The molecule has 7 heteroatoms. The zero-order chi connectivity index (χ0) is 20.1. The number of nitrogens with zero attached hydrogens (tertiary/aromatic N) is 1. The Morgan fingerprint density at radius 1 is 1.11 bits per heavy atom. The summed E-state index contributed by atoms with van der Waals surface area (Å²) in [4.78, 5) is 37.7. The number of benzene rings is 2. The number of urea groups is 1. The number of rotatable bonds is 8. The first-order valence-corrected chi connectivity index (χ1v) is 9.51. The van der Waals surface area contributed by atoms with Gasteiger partial charge in [0.1, 0.15) is 24.4 Å². The van der Waals surface area contributed by atoms with Gasteiger partial charge in [-0.25, -0.2) is 4.79 Å². The minimum absolute atomic E-state index is 0.280. The highest BCUT2D eigenvalue weighted by Crippen LogP contribution is 2.24. The molecule has 2 aromatic carbocycles. The molecule has 0 spiro atoms.